The van der Waals surface area contributed by atoms with Crippen LogP contribution in [0.25, 0.3) is 0 Å². The van der Waals surface area contributed by atoms with Crippen LogP contribution in [0.4, 0.5) is 10.5 Å². The van der Waals surface area contributed by atoms with Crippen molar-refractivity contribution in [3.63, 3.8) is 0 Å². The summed E-state index contributed by atoms with van der Waals surface area (Å²) in [6, 6.07) is 5.02. The minimum atomic E-state index is -0.722. The van der Waals surface area contributed by atoms with E-state index in [2.05, 4.69) is 5.32 Å². The summed E-state index contributed by atoms with van der Waals surface area (Å²) in [5.74, 6) is -0.0936. The van der Waals surface area contributed by atoms with Crippen LogP contribution < -0.4 is 5.32 Å². The average Bonchev–Trinajstić information content (AvgIpc) is 2.89. The Morgan fingerprint density at radius 1 is 1.38 bits per heavy atom. The van der Waals surface area contributed by atoms with E-state index < -0.39 is 18.2 Å². The number of ether oxygens (including phenoxy) is 1. The van der Waals surface area contributed by atoms with E-state index in [-0.39, 0.29) is 31.4 Å². The maximum absolute atomic E-state index is 12.6. The summed E-state index contributed by atoms with van der Waals surface area (Å²) >= 11 is 0. The van der Waals surface area contributed by atoms with E-state index in [4.69, 9.17) is 4.74 Å². The van der Waals surface area contributed by atoms with E-state index in [1.165, 1.54) is 4.90 Å². The van der Waals surface area contributed by atoms with Gasteiger partial charge >= 0.3 is 6.09 Å². The Morgan fingerprint density at radius 2 is 2.08 bits per heavy atom. The number of hydrogen-bond donors (Lipinski definition) is 2. The Labute approximate surface area is 142 Å². The number of nitrogens with one attached hydrogen (secondary N) is 1. The van der Waals surface area contributed by atoms with Crippen molar-refractivity contribution in [2.75, 3.05) is 18.5 Å². The number of rotatable bonds is 4. The first-order valence-electron chi connectivity index (χ1n) is 8.27. The van der Waals surface area contributed by atoms with E-state index in [0.717, 1.165) is 11.1 Å². The molecule has 1 aliphatic heterocycles. The Bertz CT molecular complexity index is 615. The fourth-order valence-corrected chi connectivity index (χ4v) is 2.75. The maximum atomic E-state index is 12.6. The summed E-state index contributed by atoms with van der Waals surface area (Å²) in [6.45, 7) is 8.19. The summed E-state index contributed by atoms with van der Waals surface area (Å²) in [5.41, 5.74) is 2.78. The molecule has 1 aromatic rings. The smallest absolute Gasteiger partial charge is 0.410 e. The number of β-amino-alcohol motifs (C(OH)–C–C–N with tert-alkyl or cyclic N) is 1. The van der Waals surface area contributed by atoms with Gasteiger partial charge in [0.2, 0.25) is 5.91 Å². The highest BCUT2D eigenvalue weighted by atomic mass is 16.6. The number of anilines is 1. The second-order valence-electron chi connectivity index (χ2n) is 6.84. The van der Waals surface area contributed by atoms with Gasteiger partial charge in [-0.1, -0.05) is 31.5 Å². The zero-order valence-corrected chi connectivity index (χ0v) is 14.7. The molecule has 0 bridgehead atoms. The van der Waals surface area contributed by atoms with Gasteiger partial charge in [0, 0.05) is 12.1 Å². The topological polar surface area (TPSA) is 78.9 Å². The predicted molar refractivity (Wildman–Crippen MR) is 91.8 cm³/mol. The van der Waals surface area contributed by atoms with Crippen LogP contribution in [0.15, 0.2) is 18.2 Å². The zero-order valence-electron chi connectivity index (χ0n) is 14.7. The molecule has 2 rings (SSSR count). The largest absolute Gasteiger partial charge is 0.449 e. The van der Waals surface area contributed by atoms with Crippen molar-refractivity contribution in [1.82, 2.24) is 4.90 Å². The third-order valence-corrected chi connectivity index (χ3v) is 4.00. The van der Waals surface area contributed by atoms with Crippen molar-refractivity contribution < 1.29 is 19.4 Å². The Kier molecular flexibility index (Phi) is 5.83. The lowest BCUT2D eigenvalue weighted by molar-refractivity contribution is -0.120. The molecule has 0 radical (unpaired) electrons. The molecule has 0 aromatic heterocycles. The van der Waals surface area contributed by atoms with Crippen LogP contribution in [0.5, 0.6) is 0 Å². The fourth-order valence-electron chi connectivity index (χ4n) is 2.75. The lowest BCUT2D eigenvalue weighted by Gasteiger charge is -2.23. The molecule has 24 heavy (non-hydrogen) atoms. The predicted octanol–water partition coefficient (Wildman–Crippen LogP) is 2.47. The van der Waals surface area contributed by atoms with Gasteiger partial charge in [-0.05, 0) is 31.4 Å². The normalized spacial score (nSPS) is 20.3. The Morgan fingerprint density at radius 3 is 2.71 bits per heavy atom. The van der Waals surface area contributed by atoms with Crippen LogP contribution in [-0.4, -0.2) is 47.3 Å². The number of carbonyl (C=O) groups is 2. The Hall–Kier alpha value is -2.08. The quantitative estimate of drug-likeness (QED) is 0.886. The molecular formula is C18H26N2O4. The van der Waals surface area contributed by atoms with Crippen molar-refractivity contribution >= 4 is 17.7 Å². The number of benzene rings is 1. The standard InChI is InChI=1S/C18H26N2O4/c1-11(2)10-24-18(23)20-9-14(21)8-16(20)17(22)19-15-6-5-12(3)7-13(15)4/h5-7,11,14,16,21H,8-10H2,1-4H3,(H,19,22)/t14-,16-/m0/s1. The monoisotopic (exact) mass is 334 g/mol. The summed E-state index contributed by atoms with van der Waals surface area (Å²) in [7, 11) is 0. The number of carbonyl (C=O) groups excluding carboxylic acids is 2. The van der Waals surface area contributed by atoms with Crippen LogP contribution in [0.1, 0.15) is 31.4 Å². The molecule has 6 heteroatoms. The molecule has 0 spiro atoms. The molecule has 132 valence electrons. The number of likely N-dealkylation sites (tertiary alicyclic amines) is 1. The van der Waals surface area contributed by atoms with Gasteiger partial charge in [-0.15, -0.1) is 0 Å². The summed E-state index contributed by atoms with van der Waals surface area (Å²) in [5, 5.41) is 12.7. The van der Waals surface area contributed by atoms with Gasteiger partial charge in [0.05, 0.1) is 19.3 Å². The first-order chi connectivity index (χ1) is 11.3. The van der Waals surface area contributed by atoms with Crippen LogP contribution >= 0.6 is 0 Å². The van der Waals surface area contributed by atoms with Crippen LogP contribution in [0.2, 0.25) is 0 Å². The van der Waals surface area contributed by atoms with E-state index in [0.29, 0.717) is 5.69 Å². The first-order valence-corrected chi connectivity index (χ1v) is 8.27. The van der Waals surface area contributed by atoms with Gasteiger partial charge in [-0.2, -0.15) is 0 Å². The number of amides is 2. The lowest BCUT2D eigenvalue weighted by atomic mass is 10.1. The Balaban J connectivity index is 2.06. The number of nitrogens with zero attached hydrogens (tertiary/aromatic N) is 1. The minimum Gasteiger partial charge on any atom is -0.449 e. The highest BCUT2D eigenvalue weighted by Crippen LogP contribution is 2.22. The van der Waals surface area contributed by atoms with Crippen LogP contribution in [-0.2, 0) is 9.53 Å². The van der Waals surface area contributed by atoms with E-state index >= 15 is 0 Å². The second-order valence-corrected chi connectivity index (χ2v) is 6.84. The molecule has 0 unspecified atom stereocenters. The summed E-state index contributed by atoms with van der Waals surface area (Å²) < 4.78 is 5.20. The zero-order chi connectivity index (χ0) is 17.9. The number of aliphatic hydroxyl groups is 1. The van der Waals surface area contributed by atoms with Gasteiger partial charge in [-0.25, -0.2) is 4.79 Å². The second kappa shape index (κ2) is 7.66. The number of aryl methyl sites for hydroxylation is 2. The molecule has 0 saturated carbocycles. The molecule has 2 N–H and O–H groups in total. The third kappa shape index (κ3) is 4.47. The number of hydrogen-bond acceptors (Lipinski definition) is 4. The molecule has 1 aliphatic rings. The van der Waals surface area contributed by atoms with Gasteiger partial charge in [0.1, 0.15) is 6.04 Å². The molecule has 2 amide bonds. The van der Waals surface area contributed by atoms with E-state index in [9.17, 15) is 14.7 Å². The van der Waals surface area contributed by atoms with Crippen molar-refractivity contribution in [2.45, 2.75) is 46.3 Å². The van der Waals surface area contributed by atoms with Gasteiger partial charge < -0.3 is 15.2 Å². The molecular weight excluding hydrogens is 308 g/mol. The van der Waals surface area contributed by atoms with Crippen molar-refractivity contribution in [2.24, 2.45) is 5.92 Å². The summed E-state index contributed by atoms with van der Waals surface area (Å²) in [4.78, 5) is 26.1. The fraction of sp³-hybridized carbons (Fsp3) is 0.556. The first kappa shape index (κ1) is 18.3. The molecule has 0 aliphatic carbocycles. The third-order valence-electron chi connectivity index (χ3n) is 4.00. The average molecular weight is 334 g/mol. The number of aliphatic hydroxyl groups excluding tert-OH is 1. The van der Waals surface area contributed by atoms with Crippen LogP contribution in [0, 0.1) is 19.8 Å². The molecule has 6 nitrogen and oxygen atoms in total. The highest BCUT2D eigenvalue weighted by molar-refractivity contribution is 5.97. The molecule has 1 aromatic carbocycles. The van der Waals surface area contributed by atoms with Gasteiger partial charge in [0.25, 0.3) is 0 Å². The molecule has 2 atom stereocenters. The molecule has 1 saturated heterocycles. The van der Waals surface area contributed by atoms with Gasteiger partial charge in [0.15, 0.2) is 0 Å². The van der Waals surface area contributed by atoms with E-state index in [1.54, 1.807) is 0 Å². The molecule has 1 heterocycles. The SMILES string of the molecule is Cc1ccc(NC(=O)[C@@H]2C[C@H](O)CN2C(=O)OCC(C)C)c(C)c1. The lowest BCUT2D eigenvalue weighted by Crippen LogP contribution is -2.43. The van der Waals surface area contributed by atoms with Crippen molar-refractivity contribution in [3.8, 4) is 0 Å². The minimum absolute atomic E-state index is 0.113. The van der Waals surface area contributed by atoms with Gasteiger partial charge in [-0.3, -0.25) is 9.69 Å². The van der Waals surface area contributed by atoms with Crippen molar-refractivity contribution in [3.05, 3.63) is 29.3 Å². The molecule has 1 fully saturated rings. The summed E-state index contributed by atoms with van der Waals surface area (Å²) in [6.07, 6.45) is -1.06. The van der Waals surface area contributed by atoms with Crippen LogP contribution in [0.3, 0.4) is 0 Å². The van der Waals surface area contributed by atoms with E-state index in [1.807, 2.05) is 45.9 Å². The highest BCUT2D eigenvalue weighted by Gasteiger charge is 2.40. The maximum Gasteiger partial charge on any atom is 0.410 e. The van der Waals surface area contributed by atoms with Crippen molar-refractivity contribution in [1.29, 1.82) is 0 Å².